The van der Waals surface area contributed by atoms with Crippen LogP contribution in [-0.4, -0.2) is 10.1 Å². The van der Waals surface area contributed by atoms with E-state index in [0.29, 0.717) is 0 Å². The molecule has 0 radical (unpaired) electrons. The summed E-state index contributed by atoms with van der Waals surface area (Å²) in [7, 11) is 0. The quantitative estimate of drug-likeness (QED) is 0.201. The van der Waals surface area contributed by atoms with Crippen molar-refractivity contribution in [3.8, 4) is 0 Å². The third kappa shape index (κ3) is 1.91. The summed E-state index contributed by atoms with van der Waals surface area (Å²) in [6, 6.07) is 30.1. The predicted molar refractivity (Wildman–Crippen MR) is 119 cm³/mol. The Hall–Kier alpha value is -3.98. The lowest BCUT2D eigenvalue weighted by Gasteiger charge is -2.09. The summed E-state index contributed by atoms with van der Waals surface area (Å²) in [5.41, 5.74) is 4.37. The molecular formula is C26H16N3+. The van der Waals surface area contributed by atoms with Gasteiger partial charge in [0.15, 0.2) is 0 Å². The molecule has 0 saturated carbocycles. The van der Waals surface area contributed by atoms with Crippen molar-refractivity contribution in [3.63, 3.8) is 0 Å². The second kappa shape index (κ2) is 5.30. The second-order valence-electron chi connectivity index (χ2n) is 7.60. The zero-order chi connectivity index (χ0) is 18.9. The van der Waals surface area contributed by atoms with Crippen LogP contribution in [0, 0.1) is 0 Å². The zero-order valence-electron chi connectivity index (χ0n) is 15.6. The summed E-state index contributed by atoms with van der Waals surface area (Å²) in [4.78, 5) is 4.83. The fourth-order valence-electron chi connectivity index (χ4n) is 4.78. The number of nitrogens with zero attached hydrogens (tertiary/aromatic N) is 2. The standard InChI is InChI=1S/C26H15N3/c1-2-9-18-16(7-1)17-8-3-4-10-19(17)26-21(18)15-24-25-20-11-5-6-12-22(20)27-23(25)13-14-29(24)28-26/h1-15H/p+1. The number of hydrogen-bond donors (Lipinski definition) is 1. The lowest BCUT2D eigenvalue weighted by molar-refractivity contribution is -0.576. The molecular weight excluding hydrogens is 354 g/mol. The Morgan fingerprint density at radius 2 is 1.21 bits per heavy atom. The van der Waals surface area contributed by atoms with E-state index >= 15 is 0 Å². The fourth-order valence-corrected chi connectivity index (χ4v) is 4.78. The number of pyridine rings is 1. The molecule has 29 heavy (non-hydrogen) atoms. The van der Waals surface area contributed by atoms with Crippen LogP contribution in [-0.2, 0) is 0 Å². The maximum absolute atomic E-state index is 4.83. The SMILES string of the molecule is c1ccc2c(c1)nc1cc[n+]3[nH]c4c5ccccc5c5ccccc5c4cc3c12. The molecule has 134 valence electrons. The predicted octanol–water partition coefficient (Wildman–Crippen LogP) is 5.91. The lowest BCUT2D eigenvalue weighted by atomic mass is 9.97. The smallest absolute Gasteiger partial charge is 0.246 e. The lowest BCUT2D eigenvalue weighted by Crippen LogP contribution is -2.26. The molecule has 0 aliphatic carbocycles. The van der Waals surface area contributed by atoms with E-state index in [1.807, 2.05) is 6.07 Å². The molecule has 7 rings (SSSR count). The number of benzene rings is 4. The van der Waals surface area contributed by atoms with Gasteiger partial charge in [0.2, 0.25) is 11.7 Å². The number of hydrogen-bond acceptors (Lipinski definition) is 1. The minimum atomic E-state index is 1.03. The summed E-state index contributed by atoms with van der Waals surface area (Å²) in [6.07, 6.45) is 2.08. The highest BCUT2D eigenvalue weighted by Crippen LogP contribution is 2.35. The molecule has 0 saturated heterocycles. The molecule has 3 heteroatoms. The molecule has 4 aromatic carbocycles. The molecule has 0 aliphatic rings. The number of aromatic amines is 1. The second-order valence-corrected chi connectivity index (χ2v) is 7.60. The van der Waals surface area contributed by atoms with Gasteiger partial charge in [0.05, 0.1) is 16.4 Å². The molecule has 7 aromatic rings. The molecule has 0 aliphatic heterocycles. The van der Waals surface area contributed by atoms with Crippen LogP contribution in [0.25, 0.3) is 59.8 Å². The molecule has 0 spiro atoms. The number of para-hydroxylation sites is 1. The Kier molecular flexibility index (Phi) is 2.74. The van der Waals surface area contributed by atoms with Gasteiger partial charge in [-0.2, -0.15) is 5.10 Å². The number of rotatable bonds is 0. The maximum atomic E-state index is 4.83. The Morgan fingerprint density at radius 1 is 0.586 bits per heavy atom. The average Bonchev–Trinajstić information content (AvgIpc) is 3.17. The van der Waals surface area contributed by atoms with Crippen molar-refractivity contribution < 1.29 is 4.52 Å². The fraction of sp³-hybridized carbons (Fsp3) is 0. The van der Waals surface area contributed by atoms with E-state index < -0.39 is 0 Å². The number of fused-ring (bicyclic) bond motifs is 11. The van der Waals surface area contributed by atoms with Gasteiger partial charge >= 0.3 is 0 Å². The molecule has 0 fully saturated rings. The van der Waals surface area contributed by atoms with Gasteiger partial charge < -0.3 is 0 Å². The van der Waals surface area contributed by atoms with Gasteiger partial charge in [-0.3, -0.25) is 0 Å². The van der Waals surface area contributed by atoms with Crippen LogP contribution in [0.5, 0.6) is 0 Å². The summed E-state index contributed by atoms with van der Waals surface area (Å²) in [6.45, 7) is 0. The van der Waals surface area contributed by atoms with E-state index in [4.69, 9.17) is 4.98 Å². The first kappa shape index (κ1) is 15.0. The topological polar surface area (TPSA) is 32.8 Å². The van der Waals surface area contributed by atoms with Crippen molar-refractivity contribution in [2.24, 2.45) is 0 Å². The largest absolute Gasteiger partial charge is 0.247 e. The summed E-state index contributed by atoms with van der Waals surface area (Å²) in [5, 5.41) is 12.4. The van der Waals surface area contributed by atoms with Crippen LogP contribution in [0.2, 0.25) is 0 Å². The normalized spacial score (nSPS) is 12.1. The maximum Gasteiger partial charge on any atom is 0.246 e. The van der Waals surface area contributed by atoms with Crippen molar-refractivity contribution in [3.05, 3.63) is 91.1 Å². The van der Waals surface area contributed by atoms with Crippen LogP contribution >= 0.6 is 0 Å². The molecule has 0 bridgehead atoms. The van der Waals surface area contributed by atoms with Crippen molar-refractivity contribution in [1.29, 1.82) is 0 Å². The van der Waals surface area contributed by atoms with Gasteiger partial charge in [0.1, 0.15) is 5.52 Å². The van der Waals surface area contributed by atoms with Crippen molar-refractivity contribution in [2.75, 3.05) is 0 Å². The van der Waals surface area contributed by atoms with E-state index in [2.05, 4.69) is 94.7 Å². The number of H-pyrrole nitrogens is 1. The minimum absolute atomic E-state index is 1.03. The van der Waals surface area contributed by atoms with Gasteiger partial charge in [-0.05, 0) is 22.2 Å². The molecule has 3 nitrogen and oxygen atoms in total. The monoisotopic (exact) mass is 370 g/mol. The van der Waals surface area contributed by atoms with Gasteiger partial charge in [0, 0.05) is 28.3 Å². The van der Waals surface area contributed by atoms with Gasteiger partial charge in [-0.25, -0.2) is 4.98 Å². The first-order valence-corrected chi connectivity index (χ1v) is 9.83. The number of aromatic nitrogens is 3. The molecule has 3 aromatic heterocycles. The highest BCUT2D eigenvalue weighted by atomic mass is 15.2. The molecule has 0 amide bonds. The van der Waals surface area contributed by atoms with Crippen molar-refractivity contribution in [2.45, 2.75) is 0 Å². The highest BCUT2D eigenvalue weighted by molar-refractivity contribution is 6.25. The molecule has 1 N–H and O–H groups in total. The first-order chi connectivity index (χ1) is 14.4. The van der Waals surface area contributed by atoms with Crippen LogP contribution in [0.1, 0.15) is 0 Å². The van der Waals surface area contributed by atoms with Crippen molar-refractivity contribution in [1.82, 2.24) is 10.1 Å². The van der Waals surface area contributed by atoms with E-state index in [1.165, 1.54) is 37.7 Å². The van der Waals surface area contributed by atoms with Crippen LogP contribution in [0.15, 0.2) is 91.1 Å². The Morgan fingerprint density at radius 3 is 2.00 bits per heavy atom. The van der Waals surface area contributed by atoms with E-state index in [1.54, 1.807) is 0 Å². The van der Waals surface area contributed by atoms with Gasteiger partial charge in [-0.15, -0.1) is 0 Å². The van der Waals surface area contributed by atoms with E-state index in [0.717, 1.165) is 22.1 Å². The van der Waals surface area contributed by atoms with E-state index in [9.17, 15) is 0 Å². The first-order valence-electron chi connectivity index (χ1n) is 9.83. The number of nitrogens with one attached hydrogen (secondary N) is 1. The third-order valence-electron chi connectivity index (χ3n) is 6.05. The van der Waals surface area contributed by atoms with Crippen LogP contribution < -0.4 is 4.52 Å². The van der Waals surface area contributed by atoms with Crippen LogP contribution in [0.4, 0.5) is 0 Å². The minimum Gasteiger partial charge on any atom is -0.247 e. The van der Waals surface area contributed by atoms with Gasteiger partial charge in [0.25, 0.3) is 0 Å². The summed E-state index contributed by atoms with van der Waals surface area (Å²) >= 11 is 0. The average molecular weight is 370 g/mol. The van der Waals surface area contributed by atoms with Gasteiger partial charge in [-0.1, -0.05) is 71.2 Å². The van der Waals surface area contributed by atoms with E-state index in [-0.39, 0.29) is 0 Å². The zero-order valence-corrected chi connectivity index (χ0v) is 15.6. The Bertz CT molecular complexity index is 1760. The molecule has 3 heterocycles. The van der Waals surface area contributed by atoms with Crippen molar-refractivity contribution >= 4 is 59.8 Å². The highest BCUT2D eigenvalue weighted by Gasteiger charge is 2.18. The molecule has 0 atom stereocenters. The third-order valence-corrected chi connectivity index (χ3v) is 6.05. The Balaban J connectivity index is 1.80. The van der Waals surface area contributed by atoms with Crippen LogP contribution in [0.3, 0.4) is 0 Å². The summed E-state index contributed by atoms with van der Waals surface area (Å²) < 4.78 is 2.12. The molecule has 0 unspecified atom stereocenters. The summed E-state index contributed by atoms with van der Waals surface area (Å²) in [5.74, 6) is 0. The Labute approximate surface area is 165 Å².